The predicted molar refractivity (Wildman–Crippen MR) is 84.5 cm³/mol. The third kappa shape index (κ3) is 2.77. The molecule has 0 aromatic heterocycles. The quantitative estimate of drug-likeness (QED) is 0.716. The molecular formula is C18H15F5N2O. The van der Waals surface area contributed by atoms with Crippen molar-refractivity contribution in [2.75, 3.05) is 6.54 Å². The normalized spacial score (nSPS) is 24.8. The third-order valence-electron chi connectivity index (χ3n) is 4.92. The van der Waals surface area contributed by atoms with Crippen LogP contribution < -0.4 is 0 Å². The Hall–Kier alpha value is -2.38. The van der Waals surface area contributed by atoms with E-state index in [1.54, 1.807) is 0 Å². The molecule has 0 radical (unpaired) electrons. The minimum absolute atomic E-state index is 0.0232. The molecule has 138 valence electrons. The van der Waals surface area contributed by atoms with Gasteiger partial charge < -0.3 is 9.64 Å². The lowest BCUT2D eigenvalue weighted by Crippen LogP contribution is -2.36. The minimum atomic E-state index is -4.66. The van der Waals surface area contributed by atoms with Gasteiger partial charge in [-0.2, -0.15) is 22.0 Å². The summed E-state index contributed by atoms with van der Waals surface area (Å²) < 4.78 is 69.3. The van der Waals surface area contributed by atoms with E-state index in [1.165, 1.54) is 4.90 Å². The first-order valence-corrected chi connectivity index (χ1v) is 8.19. The van der Waals surface area contributed by atoms with Crippen molar-refractivity contribution < 1.29 is 26.7 Å². The summed E-state index contributed by atoms with van der Waals surface area (Å²) >= 11 is 0. The van der Waals surface area contributed by atoms with Crippen LogP contribution in [-0.4, -0.2) is 30.1 Å². The first kappa shape index (κ1) is 17.1. The van der Waals surface area contributed by atoms with Gasteiger partial charge in [-0.25, -0.2) is 0 Å². The molecule has 1 aromatic rings. The van der Waals surface area contributed by atoms with Gasteiger partial charge in [-0.15, -0.1) is 0 Å². The van der Waals surface area contributed by atoms with E-state index in [2.05, 4.69) is 9.73 Å². The number of ether oxygens (including phenoxy) is 1. The van der Waals surface area contributed by atoms with E-state index in [-0.39, 0.29) is 12.4 Å². The second-order valence-electron chi connectivity index (χ2n) is 6.57. The highest BCUT2D eigenvalue weighted by Gasteiger charge is 2.47. The molecule has 1 aromatic carbocycles. The van der Waals surface area contributed by atoms with Crippen molar-refractivity contribution in [2.24, 2.45) is 4.99 Å². The van der Waals surface area contributed by atoms with E-state index >= 15 is 0 Å². The molecule has 0 saturated heterocycles. The number of aliphatic imine (C=N–C) groups is 1. The monoisotopic (exact) mass is 370 g/mol. The molecule has 0 fully saturated rings. The molecule has 0 unspecified atom stereocenters. The van der Waals surface area contributed by atoms with Crippen LogP contribution in [0.15, 0.2) is 52.9 Å². The highest BCUT2D eigenvalue weighted by atomic mass is 19.4. The Balaban J connectivity index is 1.80. The molecule has 2 aliphatic heterocycles. The molecule has 3 nitrogen and oxygen atoms in total. The van der Waals surface area contributed by atoms with Gasteiger partial charge in [0.1, 0.15) is 5.54 Å². The zero-order valence-corrected chi connectivity index (χ0v) is 13.6. The Bertz CT molecular complexity index is 827. The van der Waals surface area contributed by atoms with Crippen LogP contribution in [0.25, 0.3) is 0 Å². The van der Waals surface area contributed by atoms with Gasteiger partial charge in [-0.1, -0.05) is 24.3 Å². The molecule has 4 rings (SSSR count). The van der Waals surface area contributed by atoms with Gasteiger partial charge in [0, 0.05) is 6.20 Å². The summed E-state index contributed by atoms with van der Waals surface area (Å²) in [5.41, 5.74) is 0.245. The van der Waals surface area contributed by atoms with E-state index in [0.29, 0.717) is 12.5 Å². The maximum absolute atomic E-state index is 13.2. The van der Waals surface area contributed by atoms with Gasteiger partial charge in [0.25, 0.3) is 0 Å². The summed E-state index contributed by atoms with van der Waals surface area (Å²) in [6.07, 6.45) is -0.823. The maximum Gasteiger partial charge on any atom is 0.417 e. The Morgan fingerprint density at radius 3 is 2.69 bits per heavy atom. The number of rotatable bonds is 2. The fourth-order valence-electron chi connectivity index (χ4n) is 3.89. The number of aryl methyl sites for hydroxylation is 1. The van der Waals surface area contributed by atoms with Crippen molar-refractivity contribution >= 4 is 5.84 Å². The second-order valence-corrected chi connectivity index (χ2v) is 6.57. The summed E-state index contributed by atoms with van der Waals surface area (Å²) in [4.78, 5) is 5.88. The average molecular weight is 370 g/mol. The van der Waals surface area contributed by atoms with Gasteiger partial charge in [0.15, 0.2) is 11.6 Å². The molecule has 0 bridgehead atoms. The van der Waals surface area contributed by atoms with Gasteiger partial charge in [-0.05, 0) is 36.5 Å². The van der Waals surface area contributed by atoms with Crippen molar-refractivity contribution in [3.05, 3.63) is 59.0 Å². The topological polar surface area (TPSA) is 24.8 Å². The average Bonchev–Trinajstić information content (AvgIpc) is 2.93. The number of nitrogens with zero attached hydrogens (tertiary/aromatic N) is 2. The van der Waals surface area contributed by atoms with E-state index in [4.69, 9.17) is 0 Å². The van der Waals surface area contributed by atoms with Gasteiger partial charge in [-0.3, -0.25) is 4.99 Å². The second kappa shape index (κ2) is 5.82. The molecular weight excluding hydrogens is 355 g/mol. The fraction of sp³-hybridized carbons (Fsp3) is 0.389. The van der Waals surface area contributed by atoms with Crippen molar-refractivity contribution in [3.8, 4) is 0 Å². The molecule has 8 heteroatoms. The van der Waals surface area contributed by atoms with E-state index < -0.39 is 29.7 Å². The van der Waals surface area contributed by atoms with E-state index in [9.17, 15) is 22.0 Å². The first-order valence-electron chi connectivity index (χ1n) is 8.19. The number of benzene rings is 1. The lowest BCUT2D eigenvalue weighted by molar-refractivity contribution is -0.0981. The van der Waals surface area contributed by atoms with E-state index in [0.717, 1.165) is 30.2 Å². The SMILES string of the molecule is FC(F)OC1=CC(C(F)(F)F)=CN2C[C@@]3(CCCc4ccccc43)N=C12. The first-order chi connectivity index (χ1) is 12.3. The maximum atomic E-state index is 13.2. The molecule has 26 heavy (non-hydrogen) atoms. The van der Waals surface area contributed by atoms with Crippen LogP contribution >= 0.6 is 0 Å². The predicted octanol–water partition coefficient (Wildman–Crippen LogP) is 4.52. The lowest BCUT2D eigenvalue weighted by Gasteiger charge is -2.33. The Kier molecular flexibility index (Phi) is 3.82. The molecule has 0 N–H and O–H groups in total. The molecule has 1 atom stereocenters. The number of hydrogen-bond donors (Lipinski definition) is 0. The molecule has 0 amide bonds. The van der Waals surface area contributed by atoms with Crippen LogP contribution in [0.5, 0.6) is 0 Å². The Morgan fingerprint density at radius 1 is 1.19 bits per heavy atom. The molecule has 3 aliphatic rings. The molecule has 1 spiro atoms. The number of fused-ring (bicyclic) bond motifs is 3. The van der Waals surface area contributed by atoms with Crippen LogP contribution in [0.2, 0.25) is 0 Å². The van der Waals surface area contributed by atoms with Crippen molar-refractivity contribution in [1.82, 2.24) is 4.90 Å². The van der Waals surface area contributed by atoms with Gasteiger partial charge in [0.05, 0.1) is 12.1 Å². The highest BCUT2D eigenvalue weighted by Crippen LogP contribution is 2.45. The molecule has 0 saturated carbocycles. The van der Waals surface area contributed by atoms with Crippen molar-refractivity contribution in [1.29, 1.82) is 0 Å². The largest absolute Gasteiger partial charge is 0.431 e. The zero-order valence-electron chi connectivity index (χ0n) is 13.6. The van der Waals surface area contributed by atoms with Crippen LogP contribution in [0, 0.1) is 0 Å². The third-order valence-corrected chi connectivity index (χ3v) is 4.92. The van der Waals surface area contributed by atoms with Crippen molar-refractivity contribution in [3.63, 3.8) is 0 Å². The number of allylic oxidation sites excluding steroid dienone is 2. The van der Waals surface area contributed by atoms with Gasteiger partial charge in [0.2, 0.25) is 0 Å². The van der Waals surface area contributed by atoms with Crippen LogP contribution in [0.3, 0.4) is 0 Å². The smallest absolute Gasteiger partial charge is 0.417 e. The van der Waals surface area contributed by atoms with Crippen LogP contribution in [0.4, 0.5) is 22.0 Å². The van der Waals surface area contributed by atoms with Crippen molar-refractivity contribution in [2.45, 2.75) is 37.6 Å². The zero-order chi connectivity index (χ0) is 18.5. The standard InChI is InChI=1S/C18H15F5N2O/c19-16(20)26-14-8-12(18(21,22)23)9-25-10-17(24-15(14)25)7-3-5-11-4-1-2-6-13(11)17/h1-2,4,6,8-9,16H,3,5,7,10H2/t17-/m1/s1. The summed E-state index contributed by atoms with van der Waals surface area (Å²) in [5.74, 6) is -0.523. The summed E-state index contributed by atoms with van der Waals surface area (Å²) in [5, 5.41) is 0. The highest BCUT2D eigenvalue weighted by molar-refractivity contribution is 6.00. The number of hydrogen-bond acceptors (Lipinski definition) is 3. The van der Waals surface area contributed by atoms with Gasteiger partial charge >= 0.3 is 12.8 Å². The van der Waals surface area contributed by atoms with Crippen LogP contribution in [0.1, 0.15) is 24.0 Å². The number of amidine groups is 1. The van der Waals surface area contributed by atoms with Crippen LogP contribution in [-0.2, 0) is 16.7 Å². The number of halogens is 5. The Labute approximate surface area is 146 Å². The summed E-state index contributed by atoms with van der Waals surface area (Å²) in [6.45, 7) is -3.06. The summed E-state index contributed by atoms with van der Waals surface area (Å²) in [7, 11) is 0. The Morgan fingerprint density at radius 2 is 1.96 bits per heavy atom. The minimum Gasteiger partial charge on any atom is -0.431 e. The number of alkyl halides is 5. The molecule has 2 heterocycles. The fourth-order valence-corrected chi connectivity index (χ4v) is 3.89. The molecule has 1 aliphatic carbocycles. The summed E-state index contributed by atoms with van der Waals surface area (Å²) in [6, 6.07) is 7.63. The lowest BCUT2D eigenvalue weighted by atomic mass is 9.77. The van der Waals surface area contributed by atoms with E-state index in [1.807, 2.05) is 24.3 Å².